The number of amidine groups is 1. The highest BCUT2D eigenvalue weighted by Gasteiger charge is 2.15. The van der Waals surface area contributed by atoms with Crippen molar-refractivity contribution < 1.29 is 29.3 Å². The summed E-state index contributed by atoms with van der Waals surface area (Å²) in [6.45, 7) is 0.406. The number of nitrogens with zero attached hydrogens (tertiary/aromatic N) is 1. The topological polar surface area (TPSA) is 165 Å². The minimum absolute atomic E-state index is 0.00475. The van der Waals surface area contributed by atoms with E-state index in [0.29, 0.717) is 22.6 Å². The van der Waals surface area contributed by atoms with E-state index in [0.717, 1.165) is 6.20 Å². The molecule has 0 unspecified atom stereocenters. The van der Waals surface area contributed by atoms with E-state index in [9.17, 15) is 19.5 Å². The van der Waals surface area contributed by atoms with Gasteiger partial charge in [0.2, 0.25) is 5.43 Å². The summed E-state index contributed by atoms with van der Waals surface area (Å²) < 4.78 is 12.7. The number of ether oxygens (including phenoxy) is 2. The zero-order chi connectivity index (χ0) is 23.3. The quantitative estimate of drug-likeness (QED) is 0.211. The zero-order valence-electron chi connectivity index (χ0n) is 16.9. The van der Waals surface area contributed by atoms with Gasteiger partial charge in [0.15, 0.2) is 0 Å². The standard InChI is InChI=1S/C22H21N3O7/c23-21(24)13-1-3-14(4-2-13)31-9-10-32-15-5-6-16-18(11-15)25(8-7-19(26)27)12-17(20(16)28)22(29)30/h1-6,11-12H,7-10H2,(H3,23,24)(H,26,27)(H,29,30). The van der Waals surface area contributed by atoms with E-state index in [1.165, 1.54) is 10.6 Å². The molecule has 1 heterocycles. The Bertz CT molecular complexity index is 1230. The summed E-state index contributed by atoms with van der Waals surface area (Å²) in [5.41, 5.74) is 5.29. The number of carbonyl (C=O) groups is 2. The number of aliphatic carboxylic acids is 1. The molecule has 0 aliphatic rings. The second kappa shape index (κ2) is 9.65. The van der Waals surface area contributed by atoms with Crippen LogP contribution in [0.1, 0.15) is 22.3 Å². The van der Waals surface area contributed by atoms with Crippen molar-refractivity contribution >= 4 is 28.7 Å². The normalized spacial score (nSPS) is 10.6. The van der Waals surface area contributed by atoms with Crippen LogP contribution in [0, 0.1) is 5.41 Å². The van der Waals surface area contributed by atoms with Gasteiger partial charge in [0.05, 0.1) is 11.9 Å². The molecular weight excluding hydrogens is 418 g/mol. The van der Waals surface area contributed by atoms with E-state index in [1.807, 2.05) is 0 Å². The van der Waals surface area contributed by atoms with Crippen molar-refractivity contribution in [1.82, 2.24) is 4.57 Å². The molecule has 0 saturated heterocycles. The molecule has 10 heteroatoms. The summed E-state index contributed by atoms with van der Waals surface area (Å²) in [7, 11) is 0. The van der Waals surface area contributed by atoms with Gasteiger partial charge < -0.3 is 30.0 Å². The van der Waals surface area contributed by atoms with Crippen LogP contribution in [-0.4, -0.2) is 45.8 Å². The van der Waals surface area contributed by atoms with Crippen molar-refractivity contribution in [2.75, 3.05) is 13.2 Å². The number of carboxylic acids is 2. The smallest absolute Gasteiger partial charge is 0.341 e. The molecular formula is C22H21N3O7. The number of nitrogens with two attached hydrogens (primary N) is 1. The lowest BCUT2D eigenvalue weighted by Gasteiger charge is -2.13. The first-order valence-electron chi connectivity index (χ1n) is 9.58. The van der Waals surface area contributed by atoms with E-state index in [4.69, 9.17) is 25.7 Å². The number of benzene rings is 2. The van der Waals surface area contributed by atoms with Gasteiger partial charge in [-0.3, -0.25) is 15.0 Å². The highest BCUT2D eigenvalue weighted by Crippen LogP contribution is 2.20. The molecule has 0 saturated carbocycles. The molecule has 0 radical (unpaired) electrons. The number of fused-ring (bicyclic) bond motifs is 1. The molecule has 3 aromatic rings. The van der Waals surface area contributed by atoms with Gasteiger partial charge >= 0.3 is 11.9 Å². The molecule has 0 aliphatic heterocycles. The van der Waals surface area contributed by atoms with Crippen molar-refractivity contribution in [2.24, 2.45) is 5.73 Å². The van der Waals surface area contributed by atoms with Gasteiger partial charge in [-0.05, 0) is 36.4 Å². The van der Waals surface area contributed by atoms with Crippen molar-refractivity contribution in [3.8, 4) is 11.5 Å². The fourth-order valence-corrected chi connectivity index (χ4v) is 3.06. The molecule has 0 bridgehead atoms. The SMILES string of the molecule is N=C(N)c1ccc(OCCOc2ccc3c(=O)c(C(=O)O)cn(CCC(=O)O)c3c2)cc1. The molecule has 0 fully saturated rings. The monoisotopic (exact) mass is 439 g/mol. The summed E-state index contributed by atoms with van der Waals surface area (Å²) in [5.74, 6) is -1.46. The Balaban J connectivity index is 1.74. The predicted molar refractivity (Wildman–Crippen MR) is 116 cm³/mol. The van der Waals surface area contributed by atoms with E-state index in [1.54, 1.807) is 36.4 Å². The van der Waals surface area contributed by atoms with Gasteiger partial charge in [-0.1, -0.05) is 0 Å². The minimum Gasteiger partial charge on any atom is -0.490 e. The number of nitrogen functional groups attached to an aromatic ring is 1. The van der Waals surface area contributed by atoms with Crippen molar-refractivity contribution in [3.05, 3.63) is 70.0 Å². The second-order valence-corrected chi connectivity index (χ2v) is 6.83. The fourth-order valence-electron chi connectivity index (χ4n) is 3.06. The van der Waals surface area contributed by atoms with Gasteiger partial charge in [0, 0.05) is 29.8 Å². The van der Waals surface area contributed by atoms with Crippen LogP contribution in [0.4, 0.5) is 0 Å². The van der Waals surface area contributed by atoms with Crippen LogP contribution in [0.2, 0.25) is 0 Å². The van der Waals surface area contributed by atoms with Crippen LogP contribution in [-0.2, 0) is 11.3 Å². The van der Waals surface area contributed by atoms with Gasteiger partial charge in [0.1, 0.15) is 36.1 Å². The summed E-state index contributed by atoms with van der Waals surface area (Å²) >= 11 is 0. The van der Waals surface area contributed by atoms with E-state index < -0.39 is 22.9 Å². The van der Waals surface area contributed by atoms with Crippen molar-refractivity contribution in [1.29, 1.82) is 5.41 Å². The fraction of sp³-hybridized carbons (Fsp3) is 0.182. The zero-order valence-corrected chi connectivity index (χ0v) is 16.9. The Morgan fingerprint density at radius 1 is 1.00 bits per heavy atom. The molecule has 1 aromatic heterocycles. The van der Waals surface area contributed by atoms with Gasteiger partial charge in [0.25, 0.3) is 0 Å². The maximum Gasteiger partial charge on any atom is 0.341 e. The Hall–Kier alpha value is -4.34. The van der Waals surface area contributed by atoms with Crippen LogP contribution in [0.5, 0.6) is 11.5 Å². The Morgan fingerprint density at radius 2 is 1.62 bits per heavy atom. The van der Waals surface area contributed by atoms with Crippen molar-refractivity contribution in [3.63, 3.8) is 0 Å². The second-order valence-electron chi connectivity index (χ2n) is 6.83. The molecule has 3 rings (SSSR count). The first-order valence-corrected chi connectivity index (χ1v) is 9.58. The molecule has 0 atom stereocenters. The van der Waals surface area contributed by atoms with Crippen LogP contribution < -0.4 is 20.6 Å². The number of rotatable bonds is 10. The highest BCUT2D eigenvalue weighted by molar-refractivity contribution is 5.95. The lowest BCUT2D eigenvalue weighted by molar-refractivity contribution is -0.137. The summed E-state index contributed by atoms with van der Waals surface area (Å²) in [4.78, 5) is 34.8. The molecule has 10 nitrogen and oxygen atoms in total. The van der Waals surface area contributed by atoms with Gasteiger partial charge in [-0.2, -0.15) is 0 Å². The highest BCUT2D eigenvalue weighted by atomic mass is 16.5. The summed E-state index contributed by atoms with van der Waals surface area (Å²) in [6.07, 6.45) is 0.909. The van der Waals surface area contributed by atoms with Crippen molar-refractivity contribution in [2.45, 2.75) is 13.0 Å². The Labute approximate surface area is 181 Å². The summed E-state index contributed by atoms with van der Waals surface area (Å²) in [5, 5.41) is 25.8. The summed E-state index contributed by atoms with van der Waals surface area (Å²) in [6, 6.07) is 11.3. The molecule has 2 aromatic carbocycles. The third-order valence-electron chi connectivity index (χ3n) is 4.64. The van der Waals surface area contributed by atoms with Gasteiger partial charge in [-0.15, -0.1) is 0 Å². The van der Waals surface area contributed by atoms with E-state index in [2.05, 4.69) is 0 Å². The maximum atomic E-state index is 12.5. The number of pyridine rings is 1. The van der Waals surface area contributed by atoms with Crippen LogP contribution in [0.15, 0.2) is 53.5 Å². The minimum atomic E-state index is -1.38. The third kappa shape index (κ3) is 5.22. The van der Waals surface area contributed by atoms with Crippen LogP contribution >= 0.6 is 0 Å². The number of aromatic carboxylic acids is 1. The molecule has 0 amide bonds. The first-order chi connectivity index (χ1) is 15.3. The average molecular weight is 439 g/mol. The largest absolute Gasteiger partial charge is 0.490 e. The molecule has 5 N–H and O–H groups in total. The lowest BCUT2D eigenvalue weighted by atomic mass is 10.1. The number of carboxylic acid groups (broad SMARTS) is 2. The van der Waals surface area contributed by atoms with E-state index in [-0.39, 0.29) is 37.4 Å². The molecule has 32 heavy (non-hydrogen) atoms. The van der Waals surface area contributed by atoms with Crippen LogP contribution in [0.25, 0.3) is 10.9 Å². The average Bonchev–Trinajstić information content (AvgIpc) is 2.76. The van der Waals surface area contributed by atoms with Crippen LogP contribution in [0.3, 0.4) is 0 Å². The number of hydrogen-bond donors (Lipinski definition) is 4. The number of aromatic nitrogens is 1. The number of hydrogen-bond acceptors (Lipinski definition) is 6. The maximum absolute atomic E-state index is 12.5. The van der Waals surface area contributed by atoms with Gasteiger partial charge in [-0.25, -0.2) is 4.79 Å². The number of aryl methyl sites for hydroxylation is 1. The third-order valence-corrected chi connectivity index (χ3v) is 4.64. The predicted octanol–water partition coefficient (Wildman–Crippen LogP) is 1.92. The molecule has 166 valence electrons. The number of nitrogens with one attached hydrogen (secondary N) is 1. The Kier molecular flexibility index (Phi) is 6.74. The molecule has 0 spiro atoms. The Morgan fingerprint density at radius 3 is 2.22 bits per heavy atom. The van der Waals surface area contributed by atoms with E-state index >= 15 is 0 Å². The first kappa shape index (κ1) is 22.3. The lowest BCUT2D eigenvalue weighted by Crippen LogP contribution is -2.19. The molecule has 0 aliphatic carbocycles.